The van der Waals surface area contributed by atoms with Crippen molar-refractivity contribution in [3.05, 3.63) is 156 Å². The van der Waals surface area contributed by atoms with Crippen LogP contribution >= 0.6 is 0 Å². The van der Waals surface area contributed by atoms with E-state index in [1.807, 2.05) is 107 Å². The summed E-state index contributed by atoms with van der Waals surface area (Å²) < 4.78 is 2.11. The lowest BCUT2D eigenvalue weighted by molar-refractivity contribution is 0.469. The maximum Gasteiger partial charge on any atom is 0.138 e. The average Bonchev–Trinajstić information content (AvgIpc) is 3.64. The molecule has 2 unspecified atom stereocenters. The van der Waals surface area contributed by atoms with Gasteiger partial charge in [0.25, 0.3) is 0 Å². The van der Waals surface area contributed by atoms with Gasteiger partial charge in [0.05, 0.1) is 11.4 Å². The van der Waals surface area contributed by atoms with E-state index in [1.165, 1.54) is 22.4 Å². The summed E-state index contributed by atoms with van der Waals surface area (Å²) in [7, 11) is 0. The minimum Gasteiger partial charge on any atom is -0.380 e. The summed E-state index contributed by atoms with van der Waals surface area (Å²) in [5.74, 6) is 0.595. The van der Waals surface area contributed by atoms with Crippen molar-refractivity contribution in [3.8, 4) is 0 Å². The monoisotopic (exact) mass is 839 g/mol. The first-order valence-electron chi connectivity index (χ1n) is 23.2. The molecule has 0 spiro atoms. The highest BCUT2D eigenvalue weighted by atomic mass is 15.0. The van der Waals surface area contributed by atoms with Crippen LogP contribution in [0.25, 0.3) is 17.3 Å². The molecule has 0 aliphatic heterocycles. The standard InChI is InChI=1S/C15H17N.C14H25N.C13H14N2.C5H12.5C2H6/c1-4-13-6-5-7-14(9-13)10-16-15-8-11(2)12(15)3;1-6-7-14(15)9-8-12(4)13(5)10-11(2)3;1-5-11-8-12(9(2)3)15-10(4)6-7-13(15)14-11;1-5(2,3)4;5*1-2/h5-9,16H,2-4,10H2,1H3;6,10,12,14H,1-2,7-9,15H2,3-5H3;5-8H,1-2H2,3-4H3;1-4H3;5*1-2H3/b;13-10+;;;;;;;. The molecule has 4 heteroatoms. The lowest BCUT2D eigenvalue weighted by Crippen LogP contribution is -2.20. The lowest BCUT2D eigenvalue weighted by atomic mass is 9.93. The summed E-state index contributed by atoms with van der Waals surface area (Å²) in [4.78, 5) is 4.46. The Kier molecular flexibility index (Phi) is 42.8. The van der Waals surface area contributed by atoms with Crippen LogP contribution in [0, 0.1) is 18.3 Å². The number of hydrogen-bond acceptors (Lipinski definition) is 3. The Balaban J connectivity index is -0.000000221. The van der Waals surface area contributed by atoms with Gasteiger partial charge in [-0.25, -0.2) is 4.98 Å². The van der Waals surface area contributed by atoms with Gasteiger partial charge < -0.3 is 11.1 Å². The van der Waals surface area contributed by atoms with Gasteiger partial charge in [0.1, 0.15) is 5.65 Å². The SMILES string of the molecule is C=C1C=C(NCc2cccc(CC)c2)C1=C.C=CCC(N)CCC(C)/C(C)=C/C(=C)C.C=Cc1cc(C(=C)C)n2c(C)ccc2n1.CC.CC.CC.CC.CC.CC(C)(C)C. The van der Waals surface area contributed by atoms with Gasteiger partial charge in [0.2, 0.25) is 0 Å². The molecule has 4 rings (SSSR count). The Hall–Kier alpha value is -4.41. The largest absolute Gasteiger partial charge is 0.380 e. The zero-order valence-electron chi connectivity index (χ0n) is 43.8. The van der Waals surface area contributed by atoms with Gasteiger partial charge in [0.15, 0.2) is 0 Å². The van der Waals surface area contributed by atoms with Crippen LogP contribution in [0.3, 0.4) is 0 Å². The van der Waals surface area contributed by atoms with Crippen molar-refractivity contribution in [2.24, 2.45) is 17.1 Å². The number of benzene rings is 1. The van der Waals surface area contributed by atoms with Crippen LogP contribution in [0.15, 0.2) is 128 Å². The molecular formula is C57H98N4. The van der Waals surface area contributed by atoms with Crippen LogP contribution in [0.5, 0.6) is 0 Å². The first-order valence-corrected chi connectivity index (χ1v) is 23.2. The van der Waals surface area contributed by atoms with Crippen LogP contribution in [0.2, 0.25) is 0 Å². The second-order valence-corrected chi connectivity index (χ2v) is 15.3. The van der Waals surface area contributed by atoms with Crippen molar-refractivity contribution in [3.63, 3.8) is 0 Å². The molecule has 3 aromatic rings. The Morgan fingerprint density at radius 3 is 1.79 bits per heavy atom. The highest BCUT2D eigenvalue weighted by molar-refractivity contribution is 5.65. The van der Waals surface area contributed by atoms with E-state index in [9.17, 15) is 0 Å². The fourth-order valence-corrected chi connectivity index (χ4v) is 5.03. The summed E-state index contributed by atoms with van der Waals surface area (Å²) >= 11 is 0. The minimum atomic E-state index is 0.266. The summed E-state index contributed by atoms with van der Waals surface area (Å²) in [5.41, 5.74) is 20.0. The fraction of sp³-hybridized carbons (Fsp3) is 0.491. The molecule has 3 N–H and O–H groups in total. The minimum absolute atomic E-state index is 0.266. The second kappa shape index (κ2) is 39.7. The van der Waals surface area contributed by atoms with E-state index in [0.717, 1.165) is 77.3 Å². The molecule has 1 aliphatic rings. The average molecular weight is 839 g/mol. The van der Waals surface area contributed by atoms with Crippen LogP contribution < -0.4 is 11.1 Å². The zero-order chi connectivity index (χ0) is 48.9. The molecule has 0 bridgehead atoms. The Morgan fingerprint density at radius 1 is 0.836 bits per heavy atom. The van der Waals surface area contributed by atoms with E-state index in [2.05, 4.69) is 146 Å². The number of fused-ring (bicyclic) bond motifs is 1. The third-order valence-electron chi connectivity index (χ3n) is 8.08. The first kappa shape index (κ1) is 65.7. The maximum atomic E-state index is 5.93. The van der Waals surface area contributed by atoms with E-state index in [4.69, 9.17) is 5.73 Å². The van der Waals surface area contributed by atoms with Crippen LogP contribution in [-0.2, 0) is 13.0 Å². The van der Waals surface area contributed by atoms with Crippen molar-refractivity contribution in [1.82, 2.24) is 14.7 Å². The molecule has 0 amide bonds. The maximum absolute atomic E-state index is 5.93. The Morgan fingerprint density at radius 2 is 1.36 bits per heavy atom. The van der Waals surface area contributed by atoms with Gasteiger partial charge in [0, 0.05) is 24.0 Å². The number of rotatable bonds is 13. The van der Waals surface area contributed by atoms with E-state index in [1.54, 1.807) is 6.08 Å². The molecule has 0 radical (unpaired) electrons. The molecular weight excluding hydrogens is 741 g/mol. The van der Waals surface area contributed by atoms with Crippen molar-refractivity contribution < 1.29 is 0 Å². The second-order valence-electron chi connectivity index (χ2n) is 15.3. The molecule has 2 aromatic heterocycles. The zero-order valence-corrected chi connectivity index (χ0v) is 43.8. The molecule has 0 saturated heterocycles. The third-order valence-corrected chi connectivity index (χ3v) is 8.08. The molecule has 0 fully saturated rings. The topological polar surface area (TPSA) is 55.3 Å². The highest BCUT2D eigenvalue weighted by Gasteiger charge is 2.14. The number of aryl methyl sites for hydroxylation is 2. The molecule has 0 saturated carbocycles. The number of allylic oxidation sites excluding steroid dienone is 6. The van der Waals surface area contributed by atoms with Crippen LogP contribution in [-0.4, -0.2) is 15.4 Å². The van der Waals surface area contributed by atoms with Crippen molar-refractivity contribution in [2.45, 2.75) is 177 Å². The van der Waals surface area contributed by atoms with Crippen LogP contribution in [0.1, 0.15) is 179 Å². The summed E-state index contributed by atoms with van der Waals surface area (Å²) in [6.07, 6.45) is 12.0. The summed E-state index contributed by atoms with van der Waals surface area (Å²) in [6.45, 7) is 65.4. The van der Waals surface area contributed by atoms with Gasteiger partial charge in [-0.15, -0.1) is 6.58 Å². The van der Waals surface area contributed by atoms with Crippen LogP contribution in [0.4, 0.5) is 0 Å². The molecule has 4 nitrogen and oxygen atoms in total. The molecule has 2 atom stereocenters. The number of nitrogens with one attached hydrogen (secondary N) is 1. The predicted molar refractivity (Wildman–Crippen MR) is 285 cm³/mol. The van der Waals surface area contributed by atoms with Gasteiger partial charge in [-0.1, -0.05) is 191 Å². The van der Waals surface area contributed by atoms with E-state index >= 15 is 0 Å². The van der Waals surface area contributed by atoms with Crippen molar-refractivity contribution in [1.29, 1.82) is 0 Å². The number of hydrogen-bond donors (Lipinski definition) is 2. The van der Waals surface area contributed by atoms with E-state index in [0.29, 0.717) is 11.3 Å². The molecule has 1 aliphatic carbocycles. The van der Waals surface area contributed by atoms with E-state index in [-0.39, 0.29) is 6.04 Å². The lowest BCUT2D eigenvalue weighted by Gasteiger charge is -2.22. The summed E-state index contributed by atoms with van der Waals surface area (Å²) in [5, 5.41) is 3.37. The van der Waals surface area contributed by atoms with Gasteiger partial charge in [-0.05, 0) is 123 Å². The Labute approximate surface area is 380 Å². The molecule has 1 aromatic carbocycles. The highest BCUT2D eigenvalue weighted by Crippen LogP contribution is 2.27. The Bertz CT molecular complexity index is 1710. The van der Waals surface area contributed by atoms with Gasteiger partial charge in [-0.2, -0.15) is 0 Å². The molecule has 61 heavy (non-hydrogen) atoms. The summed E-state index contributed by atoms with van der Waals surface area (Å²) in [6, 6.07) is 15.0. The number of nitrogens with zero attached hydrogens (tertiary/aromatic N) is 2. The van der Waals surface area contributed by atoms with Gasteiger partial charge >= 0.3 is 0 Å². The number of aromatic nitrogens is 2. The fourth-order valence-electron chi connectivity index (χ4n) is 5.03. The third kappa shape index (κ3) is 31.2. The van der Waals surface area contributed by atoms with E-state index < -0.39 is 0 Å². The predicted octanol–water partition coefficient (Wildman–Crippen LogP) is 17.7. The van der Waals surface area contributed by atoms with Crippen molar-refractivity contribution >= 4 is 17.3 Å². The van der Waals surface area contributed by atoms with Gasteiger partial charge in [-0.3, -0.25) is 4.40 Å². The van der Waals surface area contributed by atoms with Crippen molar-refractivity contribution in [2.75, 3.05) is 0 Å². The normalized spacial score (nSPS) is 11.8. The molecule has 346 valence electrons. The smallest absolute Gasteiger partial charge is 0.138 e. The number of nitrogens with two attached hydrogens (primary N) is 1. The first-order chi connectivity index (χ1) is 28.8. The quantitative estimate of drug-likeness (QED) is 0.133. The molecule has 2 heterocycles.